The van der Waals surface area contributed by atoms with Crippen molar-refractivity contribution in [2.75, 3.05) is 5.32 Å². The molecule has 0 aliphatic heterocycles. The number of benzene rings is 1. The highest BCUT2D eigenvalue weighted by Gasteiger charge is 2.25. The smallest absolute Gasteiger partial charge is 0.251 e. The molecule has 0 saturated heterocycles. The Balaban J connectivity index is 1.64. The Hall–Kier alpha value is -3.48. The van der Waals surface area contributed by atoms with Gasteiger partial charge in [-0.05, 0) is 46.7 Å². The molecule has 0 spiro atoms. The Bertz CT molecular complexity index is 1050. The summed E-state index contributed by atoms with van der Waals surface area (Å²) < 4.78 is 1.74. The second-order valence-corrected chi connectivity index (χ2v) is 9.27. The molecule has 7 nitrogen and oxygen atoms in total. The second-order valence-electron chi connectivity index (χ2n) is 9.27. The number of amides is 2. The monoisotopic (exact) mass is 433 g/mol. The first-order valence-electron chi connectivity index (χ1n) is 10.8. The summed E-state index contributed by atoms with van der Waals surface area (Å²) in [5, 5.41) is 10.1. The van der Waals surface area contributed by atoms with Crippen LogP contribution in [-0.4, -0.2) is 32.6 Å². The van der Waals surface area contributed by atoms with Gasteiger partial charge >= 0.3 is 0 Å². The van der Waals surface area contributed by atoms with Gasteiger partial charge in [-0.15, -0.1) is 0 Å². The van der Waals surface area contributed by atoms with Crippen LogP contribution in [0.3, 0.4) is 0 Å². The SMILES string of the molecule is CC(C)C(NC(=O)c1ccc(C(C)(C)C)cc1)C(=O)Nc1ccn(Cc2ccncc2)n1. The minimum atomic E-state index is -0.685. The minimum Gasteiger partial charge on any atom is -0.340 e. The van der Waals surface area contributed by atoms with E-state index in [4.69, 9.17) is 0 Å². The van der Waals surface area contributed by atoms with Crippen LogP contribution in [0.4, 0.5) is 5.82 Å². The molecule has 0 bridgehead atoms. The first-order valence-corrected chi connectivity index (χ1v) is 10.8. The van der Waals surface area contributed by atoms with Crippen LogP contribution in [0.25, 0.3) is 0 Å². The van der Waals surface area contributed by atoms with Crippen molar-refractivity contribution < 1.29 is 9.59 Å². The van der Waals surface area contributed by atoms with E-state index in [1.54, 1.807) is 41.5 Å². The second kappa shape index (κ2) is 9.77. The van der Waals surface area contributed by atoms with Gasteiger partial charge in [0, 0.05) is 30.2 Å². The fourth-order valence-electron chi connectivity index (χ4n) is 3.28. The summed E-state index contributed by atoms with van der Waals surface area (Å²) in [4.78, 5) is 29.7. The van der Waals surface area contributed by atoms with Gasteiger partial charge in [0.25, 0.3) is 5.91 Å². The number of nitrogens with zero attached hydrogens (tertiary/aromatic N) is 3. The van der Waals surface area contributed by atoms with Crippen molar-refractivity contribution in [3.8, 4) is 0 Å². The van der Waals surface area contributed by atoms with Gasteiger partial charge < -0.3 is 10.6 Å². The molecule has 0 saturated carbocycles. The van der Waals surface area contributed by atoms with Crippen LogP contribution in [-0.2, 0) is 16.8 Å². The third-order valence-corrected chi connectivity index (χ3v) is 5.23. The maximum absolute atomic E-state index is 12.9. The van der Waals surface area contributed by atoms with Crippen LogP contribution in [0.5, 0.6) is 0 Å². The van der Waals surface area contributed by atoms with E-state index < -0.39 is 6.04 Å². The highest BCUT2D eigenvalue weighted by Crippen LogP contribution is 2.22. The average Bonchev–Trinajstić information content (AvgIpc) is 3.18. The highest BCUT2D eigenvalue weighted by atomic mass is 16.2. The summed E-state index contributed by atoms with van der Waals surface area (Å²) in [6.45, 7) is 10.7. The minimum absolute atomic E-state index is 0.0101. The zero-order valence-corrected chi connectivity index (χ0v) is 19.3. The molecule has 0 radical (unpaired) electrons. The molecule has 3 rings (SSSR count). The third kappa shape index (κ3) is 6.03. The van der Waals surface area contributed by atoms with Gasteiger partial charge in [0.2, 0.25) is 5.91 Å². The van der Waals surface area contributed by atoms with E-state index in [9.17, 15) is 9.59 Å². The molecule has 2 aromatic heterocycles. The molecule has 3 aromatic rings. The fourth-order valence-corrected chi connectivity index (χ4v) is 3.28. The summed E-state index contributed by atoms with van der Waals surface area (Å²) in [6, 6.07) is 12.4. The van der Waals surface area contributed by atoms with Gasteiger partial charge in [0.15, 0.2) is 5.82 Å². The first-order chi connectivity index (χ1) is 15.1. The fraction of sp³-hybridized carbons (Fsp3) is 0.360. The molecule has 2 N–H and O–H groups in total. The van der Waals surface area contributed by atoms with Crippen molar-refractivity contribution >= 4 is 17.6 Å². The Kier molecular flexibility index (Phi) is 7.08. The van der Waals surface area contributed by atoms with E-state index in [-0.39, 0.29) is 23.1 Å². The molecule has 2 amide bonds. The van der Waals surface area contributed by atoms with Crippen LogP contribution in [0.1, 0.15) is 56.1 Å². The molecule has 0 fully saturated rings. The van der Waals surface area contributed by atoms with Crippen LogP contribution >= 0.6 is 0 Å². The van der Waals surface area contributed by atoms with Gasteiger partial charge in [0.05, 0.1) is 6.54 Å². The van der Waals surface area contributed by atoms with E-state index >= 15 is 0 Å². The number of pyridine rings is 1. The summed E-state index contributed by atoms with van der Waals surface area (Å²) in [5.41, 5.74) is 2.74. The lowest BCUT2D eigenvalue weighted by molar-refractivity contribution is -0.118. The predicted octanol–water partition coefficient (Wildman–Crippen LogP) is 4.02. The Morgan fingerprint density at radius 2 is 1.66 bits per heavy atom. The Morgan fingerprint density at radius 1 is 1.00 bits per heavy atom. The quantitative estimate of drug-likeness (QED) is 0.589. The lowest BCUT2D eigenvalue weighted by Gasteiger charge is -2.22. The highest BCUT2D eigenvalue weighted by molar-refractivity contribution is 6.01. The van der Waals surface area contributed by atoms with Gasteiger partial charge in [0.1, 0.15) is 6.04 Å². The zero-order chi connectivity index (χ0) is 23.3. The van der Waals surface area contributed by atoms with Crippen LogP contribution in [0, 0.1) is 5.92 Å². The van der Waals surface area contributed by atoms with E-state index in [0.29, 0.717) is 17.9 Å². The van der Waals surface area contributed by atoms with Crippen molar-refractivity contribution in [3.63, 3.8) is 0 Å². The van der Waals surface area contributed by atoms with Crippen LogP contribution < -0.4 is 10.6 Å². The predicted molar refractivity (Wildman–Crippen MR) is 125 cm³/mol. The Morgan fingerprint density at radius 3 is 2.25 bits per heavy atom. The van der Waals surface area contributed by atoms with Crippen LogP contribution in [0.15, 0.2) is 61.1 Å². The number of hydrogen-bond donors (Lipinski definition) is 2. The summed E-state index contributed by atoms with van der Waals surface area (Å²) >= 11 is 0. The average molecular weight is 434 g/mol. The molecular weight excluding hydrogens is 402 g/mol. The van der Waals surface area contributed by atoms with Crippen LogP contribution in [0.2, 0.25) is 0 Å². The van der Waals surface area contributed by atoms with Gasteiger partial charge in [-0.3, -0.25) is 19.3 Å². The van der Waals surface area contributed by atoms with Gasteiger partial charge in [-0.1, -0.05) is 46.8 Å². The van der Waals surface area contributed by atoms with Crippen molar-refractivity contribution in [1.82, 2.24) is 20.1 Å². The van der Waals surface area contributed by atoms with E-state index in [0.717, 1.165) is 11.1 Å². The van der Waals surface area contributed by atoms with Crippen molar-refractivity contribution in [2.45, 2.75) is 52.6 Å². The first kappa shape index (κ1) is 23.2. The molecule has 7 heteroatoms. The topological polar surface area (TPSA) is 88.9 Å². The number of carbonyl (C=O) groups is 2. The lowest BCUT2D eigenvalue weighted by Crippen LogP contribution is -2.47. The summed E-state index contributed by atoms with van der Waals surface area (Å²) in [7, 11) is 0. The molecule has 1 atom stereocenters. The normalized spacial score (nSPS) is 12.4. The molecule has 0 aliphatic carbocycles. The summed E-state index contributed by atoms with van der Waals surface area (Å²) in [6.07, 6.45) is 5.26. The number of anilines is 1. The molecule has 2 heterocycles. The van der Waals surface area contributed by atoms with Gasteiger partial charge in [-0.2, -0.15) is 5.10 Å². The maximum Gasteiger partial charge on any atom is 0.251 e. The van der Waals surface area contributed by atoms with Crippen molar-refractivity contribution in [3.05, 3.63) is 77.7 Å². The largest absolute Gasteiger partial charge is 0.340 e. The molecule has 0 aliphatic rings. The van der Waals surface area contributed by atoms with E-state index in [1.165, 1.54) is 0 Å². The number of carbonyl (C=O) groups excluding carboxylic acids is 2. The zero-order valence-electron chi connectivity index (χ0n) is 19.3. The number of nitrogens with one attached hydrogen (secondary N) is 2. The third-order valence-electron chi connectivity index (χ3n) is 5.23. The van der Waals surface area contributed by atoms with E-state index in [1.807, 2.05) is 38.1 Å². The molecular formula is C25H31N5O2. The van der Waals surface area contributed by atoms with E-state index in [2.05, 4.69) is 41.5 Å². The van der Waals surface area contributed by atoms with Crippen molar-refractivity contribution in [2.24, 2.45) is 5.92 Å². The Labute approximate surface area is 189 Å². The van der Waals surface area contributed by atoms with Gasteiger partial charge in [-0.25, -0.2) is 0 Å². The standard InChI is InChI=1S/C25H31N5O2/c1-17(2)22(28-23(31)19-6-8-20(9-7-19)25(3,4)5)24(32)27-21-12-15-30(29-21)16-18-10-13-26-14-11-18/h6-15,17,22H,16H2,1-5H3,(H,28,31)(H,27,29,32). The van der Waals surface area contributed by atoms with Crippen molar-refractivity contribution in [1.29, 1.82) is 0 Å². The maximum atomic E-state index is 12.9. The lowest BCUT2D eigenvalue weighted by atomic mass is 9.86. The summed E-state index contributed by atoms with van der Waals surface area (Å²) in [5.74, 6) is -0.221. The molecule has 1 unspecified atom stereocenters. The molecule has 1 aromatic carbocycles. The molecule has 32 heavy (non-hydrogen) atoms. The number of aromatic nitrogens is 3. The number of hydrogen-bond acceptors (Lipinski definition) is 4. The molecule has 168 valence electrons. The number of rotatable bonds is 7.